The summed E-state index contributed by atoms with van der Waals surface area (Å²) in [4.78, 5) is 0. The standard InChI is InChI=1S/C12H12O3/c1-8-4-9-5-10(2-3-12(9)15-8)13-6-11-7-14-11/h2-5,11H,6-7H2,1H3/t11-/m1/s1. The molecule has 2 heterocycles. The highest BCUT2D eigenvalue weighted by Gasteiger charge is 2.23. The van der Waals surface area contributed by atoms with Gasteiger partial charge in [-0.3, -0.25) is 0 Å². The zero-order chi connectivity index (χ0) is 10.3. The Bertz CT molecular complexity index is 483. The molecule has 0 N–H and O–H groups in total. The van der Waals surface area contributed by atoms with Gasteiger partial charge in [-0.2, -0.15) is 0 Å². The zero-order valence-corrected chi connectivity index (χ0v) is 8.53. The highest BCUT2D eigenvalue weighted by molar-refractivity contribution is 5.79. The van der Waals surface area contributed by atoms with Crippen molar-refractivity contribution in [3.8, 4) is 5.75 Å². The summed E-state index contributed by atoms with van der Waals surface area (Å²) in [5.41, 5.74) is 0.905. The molecule has 78 valence electrons. The van der Waals surface area contributed by atoms with Crippen LogP contribution in [0.4, 0.5) is 0 Å². The van der Waals surface area contributed by atoms with E-state index >= 15 is 0 Å². The van der Waals surface area contributed by atoms with Crippen molar-refractivity contribution in [1.82, 2.24) is 0 Å². The van der Waals surface area contributed by atoms with Gasteiger partial charge in [0.05, 0.1) is 6.61 Å². The van der Waals surface area contributed by atoms with E-state index in [9.17, 15) is 0 Å². The van der Waals surface area contributed by atoms with Crippen molar-refractivity contribution < 1.29 is 13.9 Å². The van der Waals surface area contributed by atoms with Gasteiger partial charge in [-0.15, -0.1) is 0 Å². The van der Waals surface area contributed by atoms with Crippen molar-refractivity contribution in [2.45, 2.75) is 13.0 Å². The van der Waals surface area contributed by atoms with E-state index in [4.69, 9.17) is 13.9 Å². The van der Waals surface area contributed by atoms with Crippen LogP contribution in [0.15, 0.2) is 28.7 Å². The molecule has 0 bridgehead atoms. The molecule has 1 fully saturated rings. The van der Waals surface area contributed by atoms with Gasteiger partial charge in [-0.1, -0.05) is 0 Å². The number of epoxide rings is 1. The van der Waals surface area contributed by atoms with E-state index < -0.39 is 0 Å². The molecule has 3 rings (SSSR count). The number of rotatable bonds is 3. The number of aryl methyl sites for hydroxylation is 1. The SMILES string of the molecule is Cc1cc2cc(OC[C@@H]3CO3)ccc2o1. The average molecular weight is 204 g/mol. The molecule has 1 aromatic heterocycles. The van der Waals surface area contributed by atoms with Gasteiger partial charge in [0.15, 0.2) is 0 Å². The summed E-state index contributed by atoms with van der Waals surface area (Å²) in [6.45, 7) is 3.41. The van der Waals surface area contributed by atoms with E-state index in [1.165, 1.54) is 0 Å². The van der Waals surface area contributed by atoms with Crippen molar-refractivity contribution in [2.75, 3.05) is 13.2 Å². The Hall–Kier alpha value is -1.48. The third kappa shape index (κ3) is 1.83. The Balaban J connectivity index is 1.84. The van der Waals surface area contributed by atoms with E-state index in [0.717, 1.165) is 29.1 Å². The molecule has 0 aliphatic carbocycles. The minimum absolute atomic E-state index is 0.298. The summed E-state index contributed by atoms with van der Waals surface area (Å²) in [7, 11) is 0. The van der Waals surface area contributed by atoms with Crippen LogP contribution in [-0.2, 0) is 4.74 Å². The number of hydrogen-bond donors (Lipinski definition) is 0. The van der Waals surface area contributed by atoms with Crippen LogP contribution in [0, 0.1) is 6.92 Å². The quantitative estimate of drug-likeness (QED) is 0.720. The van der Waals surface area contributed by atoms with Crippen LogP contribution in [-0.4, -0.2) is 19.3 Å². The first kappa shape index (κ1) is 8.80. The van der Waals surface area contributed by atoms with Gasteiger partial charge >= 0.3 is 0 Å². The number of ether oxygens (including phenoxy) is 2. The molecule has 0 unspecified atom stereocenters. The molecule has 1 aliphatic heterocycles. The minimum Gasteiger partial charge on any atom is -0.491 e. The second-order valence-electron chi connectivity index (χ2n) is 3.82. The maximum absolute atomic E-state index is 5.58. The van der Waals surface area contributed by atoms with E-state index in [1.807, 2.05) is 31.2 Å². The third-order valence-corrected chi connectivity index (χ3v) is 2.45. The smallest absolute Gasteiger partial charge is 0.134 e. The van der Waals surface area contributed by atoms with Gasteiger partial charge < -0.3 is 13.9 Å². The monoisotopic (exact) mass is 204 g/mol. The van der Waals surface area contributed by atoms with Gasteiger partial charge in [0.25, 0.3) is 0 Å². The summed E-state index contributed by atoms with van der Waals surface area (Å²) in [5.74, 6) is 1.80. The Kier molecular flexibility index (Phi) is 1.92. The molecule has 0 radical (unpaired) electrons. The predicted octanol–water partition coefficient (Wildman–Crippen LogP) is 2.52. The van der Waals surface area contributed by atoms with Crippen molar-refractivity contribution in [1.29, 1.82) is 0 Å². The maximum Gasteiger partial charge on any atom is 0.134 e. The molecule has 0 saturated carbocycles. The first-order chi connectivity index (χ1) is 7.31. The second-order valence-corrected chi connectivity index (χ2v) is 3.82. The molecule has 3 heteroatoms. The Morgan fingerprint density at radius 1 is 1.40 bits per heavy atom. The lowest BCUT2D eigenvalue weighted by Crippen LogP contribution is -2.03. The normalized spacial score (nSPS) is 19.4. The first-order valence-corrected chi connectivity index (χ1v) is 5.06. The zero-order valence-electron chi connectivity index (χ0n) is 8.53. The fourth-order valence-electron chi connectivity index (χ4n) is 1.60. The molecule has 1 saturated heterocycles. The van der Waals surface area contributed by atoms with Crippen LogP contribution in [0.3, 0.4) is 0 Å². The molecule has 3 nitrogen and oxygen atoms in total. The van der Waals surface area contributed by atoms with Crippen molar-refractivity contribution in [3.63, 3.8) is 0 Å². The Morgan fingerprint density at radius 2 is 2.27 bits per heavy atom. The number of hydrogen-bond acceptors (Lipinski definition) is 3. The van der Waals surface area contributed by atoms with Crippen LogP contribution in [0.1, 0.15) is 5.76 Å². The van der Waals surface area contributed by atoms with Crippen LogP contribution in [0.25, 0.3) is 11.0 Å². The largest absolute Gasteiger partial charge is 0.491 e. The van der Waals surface area contributed by atoms with Gasteiger partial charge in [0.2, 0.25) is 0 Å². The van der Waals surface area contributed by atoms with Crippen LogP contribution in [0.2, 0.25) is 0 Å². The third-order valence-electron chi connectivity index (χ3n) is 2.45. The van der Waals surface area contributed by atoms with Gasteiger partial charge in [0.1, 0.15) is 29.8 Å². The highest BCUT2D eigenvalue weighted by atomic mass is 16.6. The lowest BCUT2D eigenvalue weighted by Gasteiger charge is -2.02. The van der Waals surface area contributed by atoms with Crippen LogP contribution in [0.5, 0.6) is 5.75 Å². The predicted molar refractivity (Wildman–Crippen MR) is 56.2 cm³/mol. The number of furan rings is 1. The molecule has 15 heavy (non-hydrogen) atoms. The fraction of sp³-hybridized carbons (Fsp3) is 0.333. The Morgan fingerprint density at radius 3 is 3.07 bits per heavy atom. The molecular weight excluding hydrogens is 192 g/mol. The van der Waals surface area contributed by atoms with E-state index in [-0.39, 0.29) is 0 Å². The molecular formula is C12H12O3. The van der Waals surface area contributed by atoms with Crippen molar-refractivity contribution in [3.05, 3.63) is 30.0 Å². The number of fused-ring (bicyclic) bond motifs is 1. The molecule has 0 spiro atoms. The Labute approximate surface area is 87.6 Å². The topological polar surface area (TPSA) is 34.9 Å². The van der Waals surface area contributed by atoms with Gasteiger partial charge in [-0.05, 0) is 31.2 Å². The summed E-state index contributed by atoms with van der Waals surface area (Å²) in [6.07, 6.45) is 0.298. The fourth-order valence-corrected chi connectivity index (χ4v) is 1.60. The number of benzene rings is 1. The molecule has 2 aromatic rings. The van der Waals surface area contributed by atoms with E-state index in [0.29, 0.717) is 12.7 Å². The molecule has 1 aliphatic rings. The summed E-state index contributed by atoms with van der Waals surface area (Å²) in [6, 6.07) is 7.86. The van der Waals surface area contributed by atoms with Gasteiger partial charge in [-0.25, -0.2) is 0 Å². The van der Waals surface area contributed by atoms with Crippen molar-refractivity contribution >= 4 is 11.0 Å². The summed E-state index contributed by atoms with van der Waals surface area (Å²) in [5, 5.41) is 1.08. The first-order valence-electron chi connectivity index (χ1n) is 5.06. The summed E-state index contributed by atoms with van der Waals surface area (Å²) < 4.78 is 16.1. The molecule has 1 atom stereocenters. The molecule has 1 aromatic carbocycles. The summed E-state index contributed by atoms with van der Waals surface area (Å²) >= 11 is 0. The van der Waals surface area contributed by atoms with E-state index in [2.05, 4.69) is 0 Å². The van der Waals surface area contributed by atoms with Gasteiger partial charge in [0, 0.05) is 5.39 Å². The maximum atomic E-state index is 5.58. The second kappa shape index (κ2) is 3.28. The van der Waals surface area contributed by atoms with E-state index in [1.54, 1.807) is 0 Å². The molecule has 0 amide bonds. The lowest BCUT2D eigenvalue weighted by atomic mass is 10.2. The average Bonchev–Trinajstić information content (AvgIpc) is 2.96. The highest BCUT2D eigenvalue weighted by Crippen LogP contribution is 2.24. The van der Waals surface area contributed by atoms with Crippen LogP contribution < -0.4 is 4.74 Å². The lowest BCUT2D eigenvalue weighted by molar-refractivity contribution is 0.263. The minimum atomic E-state index is 0.298. The van der Waals surface area contributed by atoms with Crippen molar-refractivity contribution in [2.24, 2.45) is 0 Å². The van der Waals surface area contributed by atoms with Crippen LogP contribution >= 0.6 is 0 Å².